The van der Waals surface area contributed by atoms with Gasteiger partial charge in [-0.15, -0.1) is 0 Å². The summed E-state index contributed by atoms with van der Waals surface area (Å²) in [4.78, 5) is 22.7. The van der Waals surface area contributed by atoms with E-state index in [1.807, 2.05) is 13.8 Å². The predicted octanol–water partition coefficient (Wildman–Crippen LogP) is 0.401. The number of carbonyl (C=O) groups excluding carboxylic acids is 2. The van der Waals surface area contributed by atoms with Crippen LogP contribution in [-0.4, -0.2) is 37.7 Å². The van der Waals surface area contributed by atoms with Gasteiger partial charge in [-0.1, -0.05) is 5.57 Å². The lowest BCUT2D eigenvalue weighted by atomic mass is 9.93. The molecule has 1 heterocycles. The highest BCUT2D eigenvalue weighted by Crippen LogP contribution is 2.21. The first-order valence-electron chi connectivity index (χ1n) is 5.09. The summed E-state index contributed by atoms with van der Waals surface area (Å²) in [5.74, 6) is -0.548. The lowest BCUT2D eigenvalue weighted by Crippen LogP contribution is -2.62. The first kappa shape index (κ1) is 12.7. The third-order valence-electron chi connectivity index (χ3n) is 2.28. The number of hydrogen-bond acceptors (Lipinski definition) is 4. The molecule has 0 atom stereocenters. The standard InChI is InChI=1S/C11H17NO4/c1-8(2)4-9(13)12-11(6-16-7-11)5-10(14)15-3/h4H,5-7H2,1-3H3,(H,12,13). The fourth-order valence-electron chi connectivity index (χ4n) is 1.47. The Bertz CT molecular complexity index is 314. The van der Waals surface area contributed by atoms with E-state index < -0.39 is 5.54 Å². The van der Waals surface area contributed by atoms with E-state index in [4.69, 9.17) is 4.74 Å². The average Bonchev–Trinajstić information content (AvgIpc) is 2.12. The molecule has 90 valence electrons. The maximum Gasteiger partial charge on any atom is 0.308 e. The molecular weight excluding hydrogens is 210 g/mol. The number of allylic oxidation sites excluding steroid dienone is 1. The van der Waals surface area contributed by atoms with Crippen molar-refractivity contribution in [3.8, 4) is 0 Å². The second-order valence-corrected chi connectivity index (χ2v) is 4.24. The Labute approximate surface area is 94.8 Å². The van der Waals surface area contributed by atoms with Crippen LogP contribution in [0.1, 0.15) is 20.3 Å². The zero-order chi connectivity index (χ0) is 12.2. The van der Waals surface area contributed by atoms with E-state index in [1.165, 1.54) is 13.2 Å². The molecule has 0 aromatic rings. The first-order valence-corrected chi connectivity index (χ1v) is 5.09. The monoisotopic (exact) mass is 227 g/mol. The molecule has 1 aliphatic heterocycles. The van der Waals surface area contributed by atoms with Crippen molar-refractivity contribution in [3.05, 3.63) is 11.6 Å². The molecule has 0 bridgehead atoms. The summed E-state index contributed by atoms with van der Waals surface area (Å²) in [7, 11) is 1.33. The first-order chi connectivity index (χ1) is 7.47. The predicted molar refractivity (Wildman–Crippen MR) is 57.8 cm³/mol. The normalized spacial score (nSPS) is 16.9. The summed E-state index contributed by atoms with van der Waals surface area (Å²) >= 11 is 0. The molecule has 1 N–H and O–H groups in total. The van der Waals surface area contributed by atoms with Crippen molar-refractivity contribution in [1.29, 1.82) is 0 Å². The van der Waals surface area contributed by atoms with Crippen LogP contribution in [0.4, 0.5) is 0 Å². The molecular formula is C11H17NO4. The van der Waals surface area contributed by atoms with Crippen molar-refractivity contribution in [1.82, 2.24) is 5.32 Å². The molecule has 1 amide bonds. The summed E-state index contributed by atoms with van der Waals surface area (Å²) in [6.07, 6.45) is 1.64. The van der Waals surface area contributed by atoms with Gasteiger partial charge >= 0.3 is 5.97 Å². The second-order valence-electron chi connectivity index (χ2n) is 4.24. The second kappa shape index (κ2) is 5.12. The molecule has 0 aliphatic carbocycles. The van der Waals surface area contributed by atoms with Gasteiger partial charge in [0.15, 0.2) is 0 Å². The Kier molecular flexibility index (Phi) is 4.06. The molecule has 5 nitrogen and oxygen atoms in total. The van der Waals surface area contributed by atoms with Gasteiger partial charge in [0, 0.05) is 6.08 Å². The van der Waals surface area contributed by atoms with Crippen LogP contribution in [0.25, 0.3) is 0 Å². The minimum absolute atomic E-state index is 0.145. The largest absolute Gasteiger partial charge is 0.469 e. The smallest absolute Gasteiger partial charge is 0.308 e. The van der Waals surface area contributed by atoms with E-state index in [0.29, 0.717) is 13.2 Å². The van der Waals surface area contributed by atoms with Crippen molar-refractivity contribution in [2.75, 3.05) is 20.3 Å². The lowest BCUT2D eigenvalue weighted by Gasteiger charge is -2.40. The van der Waals surface area contributed by atoms with Gasteiger partial charge in [0.05, 0.1) is 32.3 Å². The zero-order valence-electron chi connectivity index (χ0n) is 9.83. The highest BCUT2D eigenvalue weighted by atomic mass is 16.5. The lowest BCUT2D eigenvalue weighted by molar-refractivity contribution is -0.151. The number of esters is 1. The molecule has 16 heavy (non-hydrogen) atoms. The highest BCUT2D eigenvalue weighted by molar-refractivity contribution is 5.89. The van der Waals surface area contributed by atoms with E-state index >= 15 is 0 Å². The van der Waals surface area contributed by atoms with Gasteiger partial charge in [-0.2, -0.15) is 0 Å². The molecule has 0 unspecified atom stereocenters. The molecule has 1 saturated heterocycles. The van der Waals surface area contributed by atoms with Crippen molar-refractivity contribution in [2.45, 2.75) is 25.8 Å². The number of ether oxygens (including phenoxy) is 2. The molecule has 1 rings (SSSR count). The summed E-state index contributed by atoms with van der Waals surface area (Å²) < 4.78 is 9.63. The van der Waals surface area contributed by atoms with Gasteiger partial charge in [0.1, 0.15) is 0 Å². The molecule has 0 aromatic carbocycles. The molecule has 5 heteroatoms. The van der Waals surface area contributed by atoms with Crippen LogP contribution >= 0.6 is 0 Å². The van der Waals surface area contributed by atoms with Gasteiger partial charge in [-0.25, -0.2) is 0 Å². The Morgan fingerprint density at radius 1 is 1.44 bits per heavy atom. The van der Waals surface area contributed by atoms with Gasteiger partial charge in [0.2, 0.25) is 5.91 Å². The van der Waals surface area contributed by atoms with Crippen molar-refractivity contribution in [3.63, 3.8) is 0 Å². The number of rotatable bonds is 4. The maximum atomic E-state index is 11.5. The molecule has 1 fully saturated rings. The van der Waals surface area contributed by atoms with Gasteiger partial charge in [0.25, 0.3) is 0 Å². The fourth-order valence-corrected chi connectivity index (χ4v) is 1.47. The Morgan fingerprint density at radius 2 is 2.06 bits per heavy atom. The molecule has 0 saturated carbocycles. The average molecular weight is 227 g/mol. The molecule has 1 aliphatic rings. The van der Waals surface area contributed by atoms with Crippen molar-refractivity contribution < 1.29 is 19.1 Å². The van der Waals surface area contributed by atoms with Gasteiger partial charge in [-0.05, 0) is 13.8 Å². The number of amides is 1. The third kappa shape index (κ3) is 3.34. The van der Waals surface area contributed by atoms with Crippen LogP contribution in [0.3, 0.4) is 0 Å². The van der Waals surface area contributed by atoms with Crippen LogP contribution in [0.15, 0.2) is 11.6 Å². The summed E-state index contributed by atoms with van der Waals surface area (Å²) in [6, 6.07) is 0. The number of nitrogens with one attached hydrogen (secondary N) is 1. The SMILES string of the molecule is COC(=O)CC1(NC(=O)C=C(C)C)COC1. The van der Waals surface area contributed by atoms with E-state index in [2.05, 4.69) is 10.1 Å². The van der Waals surface area contributed by atoms with E-state index in [-0.39, 0.29) is 18.3 Å². The number of carbonyl (C=O) groups is 2. The van der Waals surface area contributed by atoms with E-state index in [1.54, 1.807) is 0 Å². The summed E-state index contributed by atoms with van der Waals surface area (Å²) in [5, 5.41) is 2.79. The number of hydrogen-bond donors (Lipinski definition) is 1. The summed E-state index contributed by atoms with van der Waals surface area (Å²) in [5.41, 5.74) is 0.321. The minimum atomic E-state index is -0.587. The van der Waals surface area contributed by atoms with Gasteiger partial charge in [-0.3, -0.25) is 9.59 Å². The quantitative estimate of drug-likeness (QED) is 0.557. The molecule has 0 spiro atoms. The van der Waals surface area contributed by atoms with E-state index in [9.17, 15) is 9.59 Å². The third-order valence-corrected chi connectivity index (χ3v) is 2.28. The summed E-state index contributed by atoms with van der Waals surface area (Å²) in [6.45, 7) is 4.38. The van der Waals surface area contributed by atoms with Crippen LogP contribution in [0, 0.1) is 0 Å². The van der Waals surface area contributed by atoms with Crippen molar-refractivity contribution in [2.24, 2.45) is 0 Å². The fraction of sp³-hybridized carbons (Fsp3) is 0.636. The Morgan fingerprint density at radius 3 is 2.44 bits per heavy atom. The topological polar surface area (TPSA) is 64.6 Å². The van der Waals surface area contributed by atoms with Crippen LogP contribution in [-0.2, 0) is 19.1 Å². The molecule has 0 radical (unpaired) electrons. The van der Waals surface area contributed by atoms with Crippen LogP contribution < -0.4 is 5.32 Å². The number of methoxy groups -OCH3 is 1. The van der Waals surface area contributed by atoms with E-state index in [0.717, 1.165) is 5.57 Å². The maximum absolute atomic E-state index is 11.5. The zero-order valence-corrected chi connectivity index (χ0v) is 9.83. The molecule has 0 aromatic heterocycles. The van der Waals surface area contributed by atoms with Gasteiger partial charge < -0.3 is 14.8 Å². The highest BCUT2D eigenvalue weighted by Gasteiger charge is 2.42. The van der Waals surface area contributed by atoms with Crippen molar-refractivity contribution >= 4 is 11.9 Å². The Balaban J connectivity index is 2.57. The Hall–Kier alpha value is -1.36. The van der Waals surface area contributed by atoms with Crippen LogP contribution in [0.2, 0.25) is 0 Å². The minimum Gasteiger partial charge on any atom is -0.469 e. The van der Waals surface area contributed by atoms with Crippen LogP contribution in [0.5, 0.6) is 0 Å².